The summed E-state index contributed by atoms with van der Waals surface area (Å²) < 4.78 is 8.13. The number of imidazole rings is 1. The molecule has 0 spiro atoms. The van der Waals surface area contributed by atoms with Crippen LogP contribution in [0.1, 0.15) is 48.1 Å². The van der Waals surface area contributed by atoms with Crippen LogP contribution in [0.25, 0.3) is 5.03 Å². The minimum absolute atomic E-state index is 0.00573. The van der Waals surface area contributed by atoms with Gasteiger partial charge in [-0.2, -0.15) is 5.10 Å². The average molecular weight is 386 g/mol. The van der Waals surface area contributed by atoms with Crippen molar-refractivity contribution in [3.63, 3.8) is 0 Å². The van der Waals surface area contributed by atoms with E-state index in [4.69, 9.17) is 21.4 Å². The Kier molecular flexibility index (Phi) is 3.32. The number of H-pyrrole nitrogens is 1. The lowest BCUT2D eigenvalue weighted by molar-refractivity contribution is 0.126. The van der Waals surface area contributed by atoms with Crippen LogP contribution < -0.4 is 5.43 Å². The highest BCUT2D eigenvalue weighted by atomic mass is 35.5. The first-order chi connectivity index (χ1) is 13.3. The molecular weight excluding hydrogens is 366 g/mol. The van der Waals surface area contributed by atoms with Crippen LogP contribution >= 0.6 is 11.6 Å². The lowest BCUT2D eigenvalue weighted by atomic mass is 10.00. The monoisotopic (exact) mass is 385 g/mol. The van der Waals surface area contributed by atoms with Crippen molar-refractivity contribution in [1.29, 1.82) is 0 Å². The van der Waals surface area contributed by atoms with Crippen molar-refractivity contribution in [2.24, 2.45) is 11.0 Å². The highest BCUT2D eigenvalue weighted by molar-refractivity contribution is 6.48. The van der Waals surface area contributed by atoms with Crippen LogP contribution in [-0.4, -0.2) is 43.4 Å². The van der Waals surface area contributed by atoms with E-state index in [1.165, 1.54) is 12.8 Å². The number of ether oxygens (including phenoxy) is 1. The maximum atomic E-state index is 6.41. The van der Waals surface area contributed by atoms with E-state index in [1.54, 1.807) is 6.33 Å². The van der Waals surface area contributed by atoms with Gasteiger partial charge in [0.05, 0.1) is 28.4 Å². The smallest absolute Gasteiger partial charge is 0.312 e. The predicted molar refractivity (Wildman–Crippen MR) is 99.7 cm³/mol. The summed E-state index contributed by atoms with van der Waals surface area (Å²) in [6.07, 6.45) is 7.97. The largest absolute Gasteiger partial charge is 0.438 e. The quantitative estimate of drug-likeness (QED) is 0.827. The number of allylic oxidation sites excluding steroid dienone is 1. The van der Waals surface area contributed by atoms with Crippen LogP contribution in [0.5, 0.6) is 0 Å². The maximum Gasteiger partial charge on any atom is 0.312 e. The number of nitrogens with zero attached hydrogens (tertiary/aromatic N) is 5. The molecule has 1 unspecified atom stereocenters. The predicted octanol–water partition coefficient (Wildman–Crippen LogP) is 2.16. The number of halogens is 1. The number of nitrogens with one attached hydrogen (secondary N) is 2. The van der Waals surface area contributed by atoms with E-state index in [0.717, 1.165) is 53.7 Å². The van der Waals surface area contributed by atoms with Crippen molar-refractivity contribution in [3.05, 3.63) is 41.2 Å². The molecule has 0 amide bonds. The fourth-order valence-corrected chi connectivity index (χ4v) is 4.41. The number of amidine groups is 1. The minimum Gasteiger partial charge on any atom is -0.438 e. The van der Waals surface area contributed by atoms with Crippen molar-refractivity contribution < 1.29 is 4.74 Å². The van der Waals surface area contributed by atoms with Gasteiger partial charge in [0, 0.05) is 31.1 Å². The van der Waals surface area contributed by atoms with Gasteiger partial charge in [0.15, 0.2) is 6.23 Å². The van der Waals surface area contributed by atoms with Crippen molar-refractivity contribution in [2.45, 2.75) is 44.5 Å². The molecule has 4 aliphatic rings. The Morgan fingerprint density at radius 2 is 2.19 bits per heavy atom. The van der Waals surface area contributed by atoms with Gasteiger partial charge in [0.2, 0.25) is 0 Å². The van der Waals surface area contributed by atoms with Crippen molar-refractivity contribution in [1.82, 2.24) is 30.1 Å². The second-order valence-corrected chi connectivity index (χ2v) is 7.94. The normalized spacial score (nSPS) is 26.6. The third kappa shape index (κ3) is 2.46. The lowest BCUT2D eigenvalue weighted by Gasteiger charge is -2.34. The first-order valence-electron chi connectivity index (χ1n) is 9.50. The standard InChI is InChI=1S/C18H20ClN7O/c19-11-2-1-6-26-14(11)8-13(24-26)16-15-12(20-9-21-15)5-7-25(16)18-23-22-17(27-18)10-3-4-10/h2,8-10,16-17,22H,1,3-7H2,(H,20,21)/t16-,17?/m1/s1. The number of aromatic amines is 1. The van der Waals surface area contributed by atoms with Gasteiger partial charge >= 0.3 is 6.02 Å². The summed E-state index contributed by atoms with van der Waals surface area (Å²) >= 11 is 6.41. The molecule has 140 valence electrons. The molecule has 9 heteroatoms. The molecule has 2 aromatic heterocycles. The first kappa shape index (κ1) is 15.6. The zero-order chi connectivity index (χ0) is 18.0. The van der Waals surface area contributed by atoms with Gasteiger partial charge in [-0.25, -0.2) is 4.98 Å². The Hall–Kier alpha value is -2.48. The van der Waals surface area contributed by atoms with Crippen molar-refractivity contribution >= 4 is 22.7 Å². The van der Waals surface area contributed by atoms with Crippen LogP contribution in [0.2, 0.25) is 0 Å². The summed E-state index contributed by atoms with van der Waals surface area (Å²) in [5, 5.41) is 10.1. The van der Waals surface area contributed by atoms with Gasteiger partial charge in [-0.3, -0.25) is 10.1 Å². The van der Waals surface area contributed by atoms with Crippen molar-refractivity contribution in [3.8, 4) is 0 Å². The summed E-state index contributed by atoms with van der Waals surface area (Å²) in [6.45, 7) is 1.64. The Balaban J connectivity index is 1.39. The molecule has 2 aromatic rings. The average Bonchev–Trinajstić information content (AvgIpc) is 3.11. The van der Waals surface area contributed by atoms with Gasteiger partial charge in [-0.15, -0.1) is 5.10 Å². The molecule has 5 heterocycles. The molecule has 0 bridgehead atoms. The summed E-state index contributed by atoms with van der Waals surface area (Å²) in [6, 6.07) is 2.57. The van der Waals surface area contributed by atoms with Crippen molar-refractivity contribution in [2.75, 3.05) is 6.54 Å². The van der Waals surface area contributed by atoms with Gasteiger partial charge in [0.25, 0.3) is 0 Å². The van der Waals surface area contributed by atoms with Crippen LogP contribution in [0, 0.1) is 5.92 Å². The number of hydrazone groups is 1. The van der Waals surface area contributed by atoms with E-state index in [0.29, 0.717) is 11.9 Å². The molecule has 6 rings (SSSR count). The van der Waals surface area contributed by atoms with Crippen LogP contribution in [0.15, 0.2) is 23.6 Å². The van der Waals surface area contributed by atoms with Gasteiger partial charge < -0.3 is 14.6 Å². The van der Waals surface area contributed by atoms with Gasteiger partial charge in [-0.1, -0.05) is 17.7 Å². The molecule has 0 radical (unpaired) electrons. The number of aromatic nitrogens is 4. The van der Waals surface area contributed by atoms with Crippen LogP contribution in [0.4, 0.5) is 0 Å². The Bertz CT molecular complexity index is 957. The minimum atomic E-state index is -0.138. The second-order valence-electron chi connectivity index (χ2n) is 7.53. The molecule has 8 nitrogen and oxygen atoms in total. The van der Waals surface area contributed by atoms with Gasteiger partial charge in [-0.05, 0) is 25.3 Å². The van der Waals surface area contributed by atoms with Crippen LogP contribution in [0.3, 0.4) is 0 Å². The maximum absolute atomic E-state index is 6.41. The molecule has 27 heavy (non-hydrogen) atoms. The Labute approximate surface area is 161 Å². The Morgan fingerprint density at radius 1 is 1.26 bits per heavy atom. The summed E-state index contributed by atoms with van der Waals surface area (Å²) in [5.74, 6) is 0.569. The zero-order valence-corrected chi connectivity index (χ0v) is 15.5. The molecule has 1 fully saturated rings. The fraction of sp³-hybridized carbons (Fsp3) is 0.500. The topological polar surface area (TPSA) is 83.4 Å². The first-order valence-corrected chi connectivity index (χ1v) is 9.88. The van der Waals surface area contributed by atoms with Crippen LogP contribution in [-0.2, 0) is 17.7 Å². The lowest BCUT2D eigenvalue weighted by Crippen LogP contribution is -2.42. The zero-order valence-electron chi connectivity index (χ0n) is 14.7. The third-order valence-electron chi connectivity index (χ3n) is 5.73. The summed E-state index contributed by atoms with van der Waals surface area (Å²) in [4.78, 5) is 10.0. The molecule has 0 saturated heterocycles. The summed E-state index contributed by atoms with van der Waals surface area (Å²) in [5.41, 5.74) is 7.17. The highest BCUT2D eigenvalue weighted by Gasteiger charge is 2.42. The van der Waals surface area contributed by atoms with E-state index in [9.17, 15) is 0 Å². The molecule has 1 saturated carbocycles. The van der Waals surface area contributed by atoms with E-state index < -0.39 is 0 Å². The molecule has 2 atom stereocenters. The fourth-order valence-electron chi connectivity index (χ4n) is 4.15. The van der Waals surface area contributed by atoms with Gasteiger partial charge in [0.1, 0.15) is 6.04 Å². The number of hydrogen-bond acceptors (Lipinski definition) is 6. The number of hydrogen-bond donors (Lipinski definition) is 2. The molecule has 2 N–H and O–H groups in total. The van der Waals surface area contributed by atoms with E-state index in [-0.39, 0.29) is 12.3 Å². The third-order valence-corrected chi connectivity index (χ3v) is 6.08. The summed E-state index contributed by atoms with van der Waals surface area (Å²) in [7, 11) is 0. The van der Waals surface area contributed by atoms with E-state index in [1.807, 2.05) is 4.68 Å². The number of aryl methyl sites for hydroxylation is 1. The second kappa shape index (κ2) is 5.76. The SMILES string of the molecule is ClC1=CCCn2nc([C@@H]3c4nc[nH]c4CCN3C3=NNC(C4CC4)O3)cc21. The molecular formula is C18H20ClN7O. The molecule has 1 aliphatic carbocycles. The Morgan fingerprint density at radius 3 is 3.04 bits per heavy atom. The molecule has 3 aliphatic heterocycles. The van der Waals surface area contributed by atoms with E-state index >= 15 is 0 Å². The molecule has 0 aromatic carbocycles. The van der Waals surface area contributed by atoms with E-state index in [2.05, 4.69) is 37.5 Å². The highest BCUT2D eigenvalue weighted by Crippen LogP contribution is 2.38. The number of rotatable bonds is 2. The number of fused-ring (bicyclic) bond motifs is 2.